The van der Waals surface area contributed by atoms with E-state index in [1.165, 1.54) is 36.0 Å². The number of aromatic nitrogens is 3. The lowest BCUT2D eigenvalue weighted by atomic mass is 9.97. The average Bonchev–Trinajstić information content (AvgIpc) is 3.16. The highest BCUT2D eigenvalue weighted by Crippen LogP contribution is 2.25. The largest absolute Gasteiger partial charge is 0.497 e. The fourth-order valence-corrected chi connectivity index (χ4v) is 4.35. The van der Waals surface area contributed by atoms with Gasteiger partial charge in [0.1, 0.15) is 5.75 Å². The summed E-state index contributed by atoms with van der Waals surface area (Å²) in [6.45, 7) is 3.84. The van der Waals surface area contributed by atoms with Crippen molar-refractivity contribution in [1.29, 1.82) is 0 Å². The topological polar surface area (TPSA) is 81.5 Å². The van der Waals surface area contributed by atoms with Crippen molar-refractivity contribution >= 4 is 22.8 Å². The van der Waals surface area contributed by atoms with E-state index >= 15 is 0 Å². The first-order chi connectivity index (χ1) is 15.6. The van der Waals surface area contributed by atoms with Crippen molar-refractivity contribution in [2.75, 3.05) is 45.3 Å². The number of fused-ring (bicyclic) bond motifs is 1. The number of ether oxygens (including phenoxy) is 2. The lowest BCUT2D eigenvalue weighted by Crippen LogP contribution is -2.38. The van der Waals surface area contributed by atoms with Gasteiger partial charge in [0.2, 0.25) is 5.95 Å². The molecule has 0 atom stereocenters. The van der Waals surface area contributed by atoms with Gasteiger partial charge in [0.25, 0.3) is 0 Å². The molecule has 0 spiro atoms. The highest BCUT2D eigenvalue weighted by atomic mass is 16.5. The number of nitrogens with one attached hydrogen (secondary N) is 1. The summed E-state index contributed by atoms with van der Waals surface area (Å²) in [5, 5.41) is 4.94. The molecule has 32 heavy (non-hydrogen) atoms. The zero-order valence-corrected chi connectivity index (χ0v) is 19.0. The number of aryl methyl sites for hydroxylation is 1. The maximum absolute atomic E-state index is 11.5. The van der Waals surface area contributed by atoms with E-state index in [1.807, 2.05) is 6.07 Å². The average molecular weight is 438 g/mol. The minimum absolute atomic E-state index is 0.376. The first kappa shape index (κ1) is 22.1. The Bertz CT molecular complexity index is 1060. The smallest absolute Gasteiger partial charge is 0.341 e. The lowest BCUT2D eigenvalue weighted by Gasteiger charge is -2.32. The van der Waals surface area contributed by atoms with Crippen LogP contribution in [0.25, 0.3) is 10.9 Å². The third-order valence-corrected chi connectivity index (χ3v) is 6.24. The van der Waals surface area contributed by atoms with E-state index in [-0.39, 0.29) is 0 Å². The van der Waals surface area contributed by atoms with E-state index in [4.69, 9.17) is 9.47 Å². The summed E-state index contributed by atoms with van der Waals surface area (Å²) in [7, 11) is 5.14. The number of benzene rings is 1. The molecule has 1 fully saturated rings. The van der Waals surface area contributed by atoms with Crippen LogP contribution in [0.1, 0.15) is 28.8 Å². The summed E-state index contributed by atoms with van der Waals surface area (Å²) >= 11 is 0. The molecule has 4 rings (SSSR count). The van der Waals surface area contributed by atoms with Crippen molar-refractivity contribution in [3.63, 3.8) is 0 Å². The van der Waals surface area contributed by atoms with Crippen LogP contribution in [-0.2, 0) is 18.2 Å². The van der Waals surface area contributed by atoms with Crippen LogP contribution in [-0.4, -0.2) is 60.9 Å². The van der Waals surface area contributed by atoms with Crippen LogP contribution in [0, 0.1) is 5.92 Å². The first-order valence-electron chi connectivity index (χ1n) is 11.1. The van der Waals surface area contributed by atoms with Gasteiger partial charge in [-0.2, -0.15) is 0 Å². The third-order valence-electron chi connectivity index (χ3n) is 6.24. The minimum atomic E-state index is -0.412. The van der Waals surface area contributed by atoms with Gasteiger partial charge in [0, 0.05) is 50.2 Å². The second-order valence-corrected chi connectivity index (χ2v) is 8.30. The summed E-state index contributed by atoms with van der Waals surface area (Å²) in [5.74, 6) is 1.80. The van der Waals surface area contributed by atoms with Crippen LogP contribution in [0.5, 0.6) is 5.75 Å². The molecule has 1 aliphatic heterocycles. The Morgan fingerprint density at radius 1 is 1.19 bits per heavy atom. The van der Waals surface area contributed by atoms with Crippen molar-refractivity contribution in [2.45, 2.75) is 19.3 Å². The van der Waals surface area contributed by atoms with E-state index in [0.29, 0.717) is 17.4 Å². The number of rotatable bonds is 8. The van der Waals surface area contributed by atoms with E-state index in [0.717, 1.165) is 51.2 Å². The second kappa shape index (κ2) is 9.99. The zero-order chi connectivity index (χ0) is 22.5. The molecule has 3 heterocycles. The Morgan fingerprint density at radius 3 is 2.62 bits per heavy atom. The molecule has 8 nitrogen and oxygen atoms in total. The quantitative estimate of drug-likeness (QED) is 0.429. The highest BCUT2D eigenvalue weighted by molar-refractivity contribution is 5.88. The van der Waals surface area contributed by atoms with E-state index in [1.54, 1.807) is 7.11 Å². The number of carbonyl (C=O) groups excluding carboxylic acids is 1. The van der Waals surface area contributed by atoms with Gasteiger partial charge in [-0.25, -0.2) is 14.8 Å². The van der Waals surface area contributed by atoms with Gasteiger partial charge in [0.15, 0.2) is 0 Å². The SMILES string of the molecule is COC(=O)c1cnc(N2CCC(CNCCc3cn(C)c4cc(OC)ccc34)CC2)nc1. The third kappa shape index (κ3) is 4.85. The summed E-state index contributed by atoms with van der Waals surface area (Å²) in [6.07, 6.45) is 8.49. The van der Waals surface area contributed by atoms with Crippen LogP contribution in [0.4, 0.5) is 5.95 Å². The summed E-state index contributed by atoms with van der Waals surface area (Å²) < 4.78 is 12.2. The molecule has 0 amide bonds. The molecule has 0 bridgehead atoms. The molecule has 3 aromatic rings. The van der Waals surface area contributed by atoms with E-state index in [9.17, 15) is 4.79 Å². The molecule has 1 N–H and O–H groups in total. The van der Waals surface area contributed by atoms with Crippen LogP contribution >= 0.6 is 0 Å². The zero-order valence-electron chi connectivity index (χ0n) is 19.0. The molecular formula is C24H31N5O3. The standard InChI is InChI=1S/C24H31N5O3/c1-28-16-18(21-5-4-20(31-2)12-22(21)28)6-9-25-13-17-7-10-29(11-8-17)24-26-14-19(15-27-24)23(30)32-3/h4-5,12,14-17,25H,6-11,13H2,1-3H3. The Balaban J connectivity index is 1.22. The second-order valence-electron chi connectivity index (χ2n) is 8.30. The molecule has 1 aliphatic rings. The summed E-state index contributed by atoms with van der Waals surface area (Å²) in [4.78, 5) is 22.4. The maximum Gasteiger partial charge on any atom is 0.341 e. The van der Waals surface area contributed by atoms with Crippen LogP contribution < -0.4 is 15.0 Å². The van der Waals surface area contributed by atoms with Crippen molar-refractivity contribution < 1.29 is 14.3 Å². The van der Waals surface area contributed by atoms with Gasteiger partial charge in [-0.1, -0.05) is 0 Å². The van der Waals surface area contributed by atoms with E-state index in [2.05, 4.69) is 50.1 Å². The molecule has 8 heteroatoms. The number of methoxy groups -OCH3 is 2. The molecule has 0 unspecified atom stereocenters. The van der Waals surface area contributed by atoms with Crippen molar-refractivity contribution in [3.05, 3.63) is 47.9 Å². The Hall–Kier alpha value is -3.13. The van der Waals surface area contributed by atoms with Crippen LogP contribution in [0.2, 0.25) is 0 Å². The van der Waals surface area contributed by atoms with Gasteiger partial charge in [0.05, 0.1) is 25.3 Å². The summed E-state index contributed by atoms with van der Waals surface area (Å²) in [6, 6.07) is 6.27. The summed E-state index contributed by atoms with van der Waals surface area (Å²) in [5.41, 5.74) is 2.94. The predicted molar refractivity (Wildman–Crippen MR) is 124 cm³/mol. The van der Waals surface area contributed by atoms with Crippen molar-refractivity contribution in [2.24, 2.45) is 13.0 Å². The molecule has 0 aliphatic carbocycles. The van der Waals surface area contributed by atoms with Crippen molar-refractivity contribution in [1.82, 2.24) is 19.9 Å². The van der Waals surface area contributed by atoms with Gasteiger partial charge in [-0.3, -0.25) is 0 Å². The predicted octanol–water partition coefficient (Wildman–Crippen LogP) is 2.81. The lowest BCUT2D eigenvalue weighted by molar-refractivity contribution is 0.0599. The molecule has 1 aromatic carbocycles. The minimum Gasteiger partial charge on any atom is -0.497 e. The van der Waals surface area contributed by atoms with Crippen LogP contribution in [0.15, 0.2) is 36.8 Å². The number of piperidine rings is 1. The van der Waals surface area contributed by atoms with E-state index < -0.39 is 5.97 Å². The Kier molecular flexibility index (Phi) is 6.90. The Morgan fingerprint density at radius 2 is 1.94 bits per heavy atom. The number of anilines is 1. The number of nitrogens with zero attached hydrogens (tertiary/aromatic N) is 4. The van der Waals surface area contributed by atoms with Gasteiger partial charge >= 0.3 is 5.97 Å². The number of esters is 1. The van der Waals surface area contributed by atoms with Gasteiger partial charge < -0.3 is 24.3 Å². The van der Waals surface area contributed by atoms with Crippen LogP contribution in [0.3, 0.4) is 0 Å². The van der Waals surface area contributed by atoms with Crippen molar-refractivity contribution in [3.8, 4) is 5.75 Å². The molecule has 0 saturated carbocycles. The highest BCUT2D eigenvalue weighted by Gasteiger charge is 2.21. The molecule has 170 valence electrons. The fraction of sp³-hybridized carbons (Fsp3) is 0.458. The molecule has 1 saturated heterocycles. The number of carbonyl (C=O) groups is 1. The first-order valence-corrected chi connectivity index (χ1v) is 11.1. The monoisotopic (exact) mass is 437 g/mol. The number of hydrogen-bond donors (Lipinski definition) is 1. The van der Waals surface area contributed by atoms with Gasteiger partial charge in [-0.05, 0) is 56.0 Å². The maximum atomic E-state index is 11.5. The Labute approximate surface area is 188 Å². The number of hydrogen-bond acceptors (Lipinski definition) is 7. The molecule has 0 radical (unpaired) electrons. The molecular weight excluding hydrogens is 406 g/mol. The normalized spacial score (nSPS) is 14.7. The molecule has 2 aromatic heterocycles. The van der Waals surface area contributed by atoms with Gasteiger partial charge in [-0.15, -0.1) is 0 Å². The fourth-order valence-electron chi connectivity index (χ4n) is 4.35.